The van der Waals surface area contributed by atoms with Crippen molar-refractivity contribution in [1.29, 1.82) is 0 Å². The average molecular weight is 436 g/mol. The van der Waals surface area contributed by atoms with Crippen molar-refractivity contribution < 1.29 is 22.3 Å². The summed E-state index contributed by atoms with van der Waals surface area (Å²) in [6.07, 6.45) is 1.16. The van der Waals surface area contributed by atoms with Crippen LogP contribution in [0.3, 0.4) is 0 Å². The van der Waals surface area contributed by atoms with Gasteiger partial charge in [0.25, 0.3) is 5.91 Å². The fourth-order valence-electron chi connectivity index (χ4n) is 3.42. The van der Waals surface area contributed by atoms with Crippen LogP contribution in [0.2, 0.25) is 0 Å². The molecule has 0 atom stereocenters. The van der Waals surface area contributed by atoms with Crippen LogP contribution < -0.4 is 13.9 Å². The Bertz CT molecular complexity index is 957. The summed E-state index contributed by atoms with van der Waals surface area (Å²) in [5, 5.41) is 0. The molecule has 162 valence electrons. The van der Waals surface area contributed by atoms with Crippen molar-refractivity contribution in [3.63, 3.8) is 0 Å². The Balaban J connectivity index is 1.49. The molecular formula is C21H26FN3O4S. The van der Waals surface area contributed by atoms with E-state index in [1.807, 2.05) is 0 Å². The molecule has 1 saturated heterocycles. The third-order valence-electron chi connectivity index (χ3n) is 5.00. The number of carbonyl (C=O) groups excluding carboxylic acids is 1. The molecule has 1 heterocycles. The smallest absolute Gasteiger partial charge is 0.260 e. The van der Waals surface area contributed by atoms with Crippen LogP contribution in [-0.2, 0) is 14.8 Å². The van der Waals surface area contributed by atoms with Crippen LogP contribution in [0.4, 0.5) is 15.8 Å². The summed E-state index contributed by atoms with van der Waals surface area (Å²) in [4.78, 5) is 16.3. The van der Waals surface area contributed by atoms with Crippen molar-refractivity contribution >= 4 is 27.3 Å². The Morgan fingerprint density at radius 3 is 2.17 bits per heavy atom. The topological polar surface area (TPSA) is 70.2 Å². The van der Waals surface area contributed by atoms with Gasteiger partial charge in [0.05, 0.1) is 11.9 Å². The van der Waals surface area contributed by atoms with Crippen LogP contribution in [0.1, 0.15) is 6.92 Å². The third-order valence-corrected chi connectivity index (χ3v) is 6.27. The fraction of sp³-hybridized carbons (Fsp3) is 0.381. The Morgan fingerprint density at radius 1 is 1.03 bits per heavy atom. The largest absolute Gasteiger partial charge is 0.484 e. The van der Waals surface area contributed by atoms with Gasteiger partial charge in [-0.2, -0.15) is 0 Å². The standard InChI is InChI=1S/C21H26FN3O4S/c1-3-25(30(2,27)28)19-8-10-20(11-9-19)29-16-21(26)24-14-12-23(13-15-24)18-6-4-17(22)5-7-18/h4-11H,3,12-16H2,1-2H3. The first kappa shape index (κ1) is 21.9. The van der Waals surface area contributed by atoms with Crippen molar-refractivity contribution in [2.24, 2.45) is 0 Å². The van der Waals surface area contributed by atoms with E-state index in [0.29, 0.717) is 44.2 Å². The fourth-order valence-corrected chi connectivity index (χ4v) is 4.39. The summed E-state index contributed by atoms with van der Waals surface area (Å²) in [5.74, 6) is 0.127. The molecule has 9 heteroatoms. The van der Waals surface area contributed by atoms with Gasteiger partial charge >= 0.3 is 0 Å². The lowest BCUT2D eigenvalue weighted by atomic mass is 10.2. The maximum absolute atomic E-state index is 13.1. The number of hydrogen-bond donors (Lipinski definition) is 0. The van der Waals surface area contributed by atoms with Gasteiger partial charge in [0.15, 0.2) is 6.61 Å². The van der Waals surface area contributed by atoms with E-state index < -0.39 is 10.0 Å². The highest BCUT2D eigenvalue weighted by Crippen LogP contribution is 2.22. The van der Waals surface area contributed by atoms with Gasteiger partial charge in [0.2, 0.25) is 10.0 Å². The molecule has 0 aliphatic carbocycles. The number of benzene rings is 2. The second-order valence-corrected chi connectivity index (χ2v) is 8.96. The van der Waals surface area contributed by atoms with Gasteiger partial charge in [0.1, 0.15) is 11.6 Å². The zero-order chi connectivity index (χ0) is 21.7. The molecule has 30 heavy (non-hydrogen) atoms. The minimum Gasteiger partial charge on any atom is -0.484 e. The SMILES string of the molecule is CCN(c1ccc(OCC(=O)N2CCN(c3ccc(F)cc3)CC2)cc1)S(C)(=O)=O. The van der Waals surface area contributed by atoms with E-state index in [4.69, 9.17) is 4.74 Å². The zero-order valence-corrected chi connectivity index (χ0v) is 17.9. The van der Waals surface area contributed by atoms with E-state index in [0.717, 1.165) is 11.9 Å². The molecule has 0 spiro atoms. The molecule has 0 saturated carbocycles. The molecule has 1 aliphatic heterocycles. The lowest BCUT2D eigenvalue weighted by Gasteiger charge is -2.36. The Hall–Kier alpha value is -2.81. The lowest BCUT2D eigenvalue weighted by Crippen LogP contribution is -2.50. The second kappa shape index (κ2) is 9.34. The molecule has 3 rings (SSSR count). The third kappa shape index (κ3) is 5.41. The first-order chi connectivity index (χ1) is 14.3. The van der Waals surface area contributed by atoms with Crippen LogP contribution >= 0.6 is 0 Å². The molecule has 0 N–H and O–H groups in total. The summed E-state index contributed by atoms with van der Waals surface area (Å²) < 4.78 is 43.5. The Morgan fingerprint density at radius 2 is 1.63 bits per heavy atom. The van der Waals surface area contributed by atoms with Crippen LogP contribution in [-0.4, -0.2) is 64.8 Å². The van der Waals surface area contributed by atoms with E-state index in [1.54, 1.807) is 48.2 Å². The van der Waals surface area contributed by atoms with Crippen molar-refractivity contribution in [3.8, 4) is 5.75 Å². The molecule has 1 amide bonds. The van der Waals surface area contributed by atoms with Crippen LogP contribution in [0, 0.1) is 5.82 Å². The van der Waals surface area contributed by atoms with E-state index in [-0.39, 0.29) is 18.3 Å². The lowest BCUT2D eigenvalue weighted by molar-refractivity contribution is -0.133. The highest BCUT2D eigenvalue weighted by atomic mass is 32.2. The number of hydrogen-bond acceptors (Lipinski definition) is 5. The molecule has 0 radical (unpaired) electrons. The number of anilines is 2. The van der Waals surface area contributed by atoms with Gasteiger partial charge in [-0.3, -0.25) is 9.10 Å². The van der Waals surface area contributed by atoms with Gasteiger partial charge in [-0.25, -0.2) is 12.8 Å². The number of piperazine rings is 1. The summed E-state index contributed by atoms with van der Waals surface area (Å²) in [6.45, 7) is 4.49. The number of nitrogens with zero attached hydrogens (tertiary/aromatic N) is 3. The number of carbonyl (C=O) groups is 1. The number of rotatable bonds is 7. The highest BCUT2D eigenvalue weighted by molar-refractivity contribution is 7.92. The first-order valence-corrected chi connectivity index (χ1v) is 11.6. The molecular weight excluding hydrogens is 409 g/mol. The summed E-state index contributed by atoms with van der Waals surface area (Å²) >= 11 is 0. The molecule has 7 nitrogen and oxygen atoms in total. The van der Waals surface area contributed by atoms with Gasteiger partial charge in [0, 0.05) is 38.4 Å². The van der Waals surface area contributed by atoms with Gasteiger partial charge < -0.3 is 14.5 Å². The normalized spacial score (nSPS) is 14.5. The summed E-state index contributed by atoms with van der Waals surface area (Å²) in [5.41, 5.74) is 1.49. The molecule has 1 fully saturated rings. The minimum atomic E-state index is -3.34. The van der Waals surface area contributed by atoms with E-state index in [9.17, 15) is 17.6 Å². The van der Waals surface area contributed by atoms with E-state index >= 15 is 0 Å². The van der Waals surface area contributed by atoms with Crippen LogP contribution in [0.5, 0.6) is 5.75 Å². The van der Waals surface area contributed by atoms with Crippen LogP contribution in [0.15, 0.2) is 48.5 Å². The summed E-state index contributed by atoms with van der Waals surface area (Å²) in [7, 11) is -3.34. The monoisotopic (exact) mass is 435 g/mol. The van der Waals surface area contributed by atoms with Crippen molar-refractivity contribution in [2.75, 3.05) is 54.8 Å². The predicted octanol–water partition coefficient (Wildman–Crippen LogP) is 2.34. The van der Waals surface area contributed by atoms with Crippen molar-refractivity contribution in [3.05, 3.63) is 54.3 Å². The number of ether oxygens (including phenoxy) is 1. The average Bonchev–Trinajstić information content (AvgIpc) is 2.73. The number of sulfonamides is 1. The molecule has 1 aliphatic rings. The molecule has 2 aromatic carbocycles. The first-order valence-electron chi connectivity index (χ1n) is 9.77. The predicted molar refractivity (Wildman–Crippen MR) is 115 cm³/mol. The van der Waals surface area contributed by atoms with E-state index in [2.05, 4.69) is 4.90 Å². The highest BCUT2D eigenvalue weighted by Gasteiger charge is 2.22. The Labute approximate surface area is 176 Å². The van der Waals surface area contributed by atoms with Crippen LogP contribution in [0.25, 0.3) is 0 Å². The van der Waals surface area contributed by atoms with Crippen molar-refractivity contribution in [1.82, 2.24) is 4.90 Å². The van der Waals surface area contributed by atoms with Gasteiger partial charge in [-0.1, -0.05) is 0 Å². The van der Waals surface area contributed by atoms with E-state index in [1.165, 1.54) is 16.4 Å². The van der Waals surface area contributed by atoms with Gasteiger partial charge in [-0.05, 0) is 55.5 Å². The minimum absolute atomic E-state index is 0.0839. The number of amides is 1. The molecule has 0 unspecified atom stereocenters. The molecule has 0 aromatic heterocycles. The maximum Gasteiger partial charge on any atom is 0.260 e. The zero-order valence-electron chi connectivity index (χ0n) is 17.1. The quantitative estimate of drug-likeness (QED) is 0.668. The van der Waals surface area contributed by atoms with Crippen molar-refractivity contribution in [2.45, 2.75) is 6.92 Å². The molecule has 0 bridgehead atoms. The second-order valence-electron chi connectivity index (χ2n) is 7.05. The summed E-state index contributed by atoms with van der Waals surface area (Å²) in [6, 6.07) is 13.0. The Kier molecular flexibility index (Phi) is 6.81. The van der Waals surface area contributed by atoms with Gasteiger partial charge in [-0.15, -0.1) is 0 Å². The maximum atomic E-state index is 13.1. The number of halogens is 1. The molecule has 2 aromatic rings.